The average molecular weight is 280 g/mol. The second-order valence-corrected chi connectivity index (χ2v) is 9.04. The van der Waals surface area contributed by atoms with E-state index < -0.39 is 0 Å². The zero-order valence-electron chi connectivity index (χ0n) is 14.5. The molecule has 1 saturated heterocycles. The summed E-state index contributed by atoms with van der Waals surface area (Å²) in [6.45, 7) is 14.2. The van der Waals surface area contributed by atoms with Crippen LogP contribution >= 0.6 is 0 Å². The van der Waals surface area contributed by atoms with Gasteiger partial charge in [-0.3, -0.25) is 4.90 Å². The van der Waals surface area contributed by atoms with Crippen molar-refractivity contribution >= 4 is 0 Å². The first-order valence-electron chi connectivity index (χ1n) is 8.70. The van der Waals surface area contributed by atoms with Crippen molar-refractivity contribution in [3.8, 4) is 0 Å². The van der Waals surface area contributed by atoms with Crippen molar-refractivity contribution in [1.82, 2.24) is 4.90 Å². The van der Waals surface area contributed by atoms with Gasteiger partial charge in [0.05, 0.1) is 0 Å². The van der Waals surface area contributed by atoms with E-state index in [1.165, 1.54) is 51.5 Å². The smallest absolute Gasteiger partial charge is 0.0344 e. The summed E-state index contributed by atoms with van der Waals surface area (Å²) in [5.74, 6) is 0. The van der Waals surface area contributed by atoms with E-state index in [0.717, 1.165) is 12.6 Å². The van der Waals surface area contributed by atoms with E-state index in [1.54, 1.807) is 0 Å². The molecule has 0 bridgehead atoms. The van der Waals surface area contributed by atoms with Crippen LogP contribution < -0.4 is 5.73 Å². The van der Waals surface area contributed by atoms with Crippen molar-refractivity contribution in [1.29, 1.82) is 0 Å². The minimum Gasteiger partial charge on any atom is -0.329 e. The van der Waals surface area contributed by atoms with Gasteiger partial charge in [0, 0.05) is 18.1 Å². The highest BCUT2D eigenvalue weighted by Gasteiger charge is 2.51. The summed E-state index contributed by atoms with van der Waals surface area (Å²) in [4.78, 5) is 2.83. The molecule has 1 aliphatic heterocycles. The molecular formula is C18H36N2. The second kappa shape index (κ2) is 5.61. The van der Waals surface area contributed by atoms with E-state index in [9.17, 15) is 0 Å². The molecule has 1 saturated carbocycles. The third kappa shape index (κ3) is 3.22. The summed E-state index contributed by atoms with van der Waals surface area (Å²) in [5, 5.41) is 0. The predicted octanol–water partition coefficient (Wildman–Crippen LogP) is 4.18. The van der Waals surface area contributed by atoms with Crippen LogP contribution in [0.4, 0.5) is 0 Å². The first-order chi connectivity index (χ1) is 9.24. The van der Waals surface area contributed by atoms with Crippen LogP contribution in [0.25, 0.3) is 0 Å². The molecule has 1 heterocycles. The lowest BCUT2D eigenvalue weighted by atomic mass is 9.57. The fourth-order valence-electron chi connectivity index (χ4n) is 5.78. The molecule has 0 spiro atoms. The molecule has 2 heteroatoms. The van der Waals surface area contributed by atoms with Crippen molar-refractivity contribution in [3.63, 3.8) is 0 Å². The normalized spacial score (nSPS) is 33.0. The summed E-state index contributed by atoms with van der Waals surface area (Å²) in [6.07, 6.45) is 9.29. The summed E-state index contributed by atoms with van der Waals surface area (Å²) in [7, 11) is 0. The molecule has 20 heavy (non-hydrogen) atoms. The van der Waals surface area contributed by atoms with Gasteiger partial charge in [0.25, 0.3) is 0 Å². The average Bonchev–Trinajstić information content (AvgIpc) is 2.35. The van der Waals surface area contributed by atoms with Crippen LogP contribution in [0.1, 0.15) is 79.6 Å². The van der Waals surface area contributed by atoms with Crippen LogP contribution in [0.3, 0.4) is 0 Å². The van der Waals surface area contributed by atoms with Gasteiger partial charge in [0.1, 0.15) is 0 Å². The molecule has 2 fully saturated rings. The molecular weight excluding hydrogens is 244 g/mol. The van der Waals surface area contributed by atoms with Crippen LogP contribution in [0.2, 0.25) is 0 Å². The molecule has 2 aliphatic rings. The van der Waals surface area contributed by atoms with Gasteiger partial charge in [-0.1, -0.05) is 41.0 Å². The molecule has 0 aromatic rings. The Bertz CT molecular complexity index is 316. The van der Waals surface area contributed by atoms with Gasteiger partial charge in [-0.05, 0) is 55.9 Å². The van der Waals surface area contributed by atoms with Gasteiger partial charge >= 0.3 is 0 Å². The number of nitrogens with two attached hydrogens (primary N) is 1. The summed E-state index contributed by atoms with van der Waals surface area (Å²) >= 11 is 0. The monoisotopic (exact) mass is 280 g/mol. The topological polar surface area (TPSA) is 29.3 Å². The number of piperidine rings is 1. The third-order valence-electron chi connectivity index (χ3n) is 5.66. The van der Waals surface area contributed by atoms with Crippen LogP contribution in [0.5, 0.6) is 0 Å². The highest BCUT2D eigenvalue weighted by molar-refractivity contribution is 5.06. The highest BCUT2D eigenvalue weighted by Crippen LogP contribution is 2.53. The second-order valence-electron chi connectivity index (χ2n) is 9.04. The molecule has 118 valence electrons. The molecule has 1 atom stereocenters. The third-order valence-corrected chi connectivity index (χ3v) is 5.66. The van der Waals surface area contributed by atoms with Gasteiger partial charge < -0.3 is 5.73 Å². The Morgan fingerprint density at radius 3 is 2.10 bits per heavy atom. The van der Waals surface area contributed by atoms with Crippen molar-refractivity contribution < 1.29 is 0 Å². The fourth-order valence-corrected chi connectivity index (χ4v) is 5.78. The molecule has 2 rings (SSSR count). The Balaban J connectivity index is 2.31. The molecule has 2 N–H and O–H groups in total. The molecule has 0 amide bonds. The van der Waals surface area contributed by atoms with Crippen LogP contribution in [0, 0.1) is 10.8 Å². The van der Waals surface area contributed by atoms with Crippen LogP contribution in [-0.2, 0) is 0 Å². The lowest BCUT2D eigenvalue weighted by Crippen LogP contribution is -2.64. The number of nitrogens with zero attached hydrogens (tertiary/aromatic N) is 1. The van der Waals surface area contributed by atoms with Crippen molar-refractivity contribution in [3.05, 3.63) is 0 Å². The Kier molecular flexibility index (Phi) is 4.57. The van der Waals surface area contributed by atoms with Crippen molar-refractivity contribution in [2.24, 2.45) is 16.6 Å². The summed E-state index contributed by atoms with van der Waals surface area (Å²) in [6, 6.07) is 0.761. The van der Waals surface area contributed by atoms with E-state index in [1.807, 2.05) is 0 Å². The Morgan fingerprint density at radius 1 is 1.00 bits per heavy atom. The summed E-state index contributed by atoms with van der Waals surface area (Å²) in [5.41, 5.74) is 7.46. The number of likely N-dealkylation sites (tertiary alicyclic amines) is 1. The molecule has 1 unspecified atom stereocenters. The van der Waals surface area contributed by atoms with Crippen LogP contribution in [-0.4, -0.2) is 29.6 Å². The molecule has 2 nitrogen and oxygen atoms in total. The molecule has 1 aliphatic carbocycles. The molecule has 0 radical (unpaired) electrons. The van der Waals surface area contributed by atoms with E-state index in [2.05, 4.69) is 39.5 Å². The maximum absolute atomic E-state index is 6.39. The largest absolute Gasteiger partial charge is 0.329 e. The molecule has 0 aromatic carbocycles. The lowest BCUT2D eigenvalue weighted by molar-refractivity contribution is -0.0741. The van der Waals surface area contributed by atoms with E-state index >= 15 is 0 Å². The van der Waals surface area contributed by atoms with Crippen LogP contribution in [0.15, 0.2) is 0 Å². The van der Waals surface area contributed by atoms with E-state index in [-0.39, 0.29) is 5.54 Å². The standard InChI is InChI=1S/C18H36N2/c1-6-15-9-7-8-10-20(15)18(14-19)12-16(2,3)11-17(4,5)13-18/h15H,6-14,19H2,1-5H3. The predicted molar refractivity (Wildman–Crippen MR) is 87.8 cm³/mol. The number of hydrogen-bond acceptors (Lipinski definition) is 2. The Labute approximate surface area is 126 Å². The zero-order chi connectivity index (χ0) is 15.0. The van der Waals surface area contributed by atoms with Gasteiger partial charge in [0.2, 0.25) is 0 Å². The fraction of sp³-hybridized carbons (Fsp3) is 1.00. The van der Waals surface area contributed by atoms with Crippen molar-refractivity contribution in [2.75, 3.05) is 13.1 Å². The maximum atomic E-state index is 6.39. The lowest BCUT2D eigenvalue weighted by Gasteiger charge is -2.59. The number of rotatable bonds is 3. The molecule has 0 aromatic heterocycles. The van der Waals surface area contributed by atoms with Gasteiger partial charge in [-0.25, -0.2) is 0 Å². The number of hydrogen-bond donors (Lipinski definition) is 1. The van der Waals surface area contributed by atoms with Gasteiger partial charge in [-0.15, -0.1) is 0 Å². The van der Waals surface area contributed by atoms with E-state index in [0.29, 0.717) is 10.8 Å². The maximum Gasteiger partial charge on any atom is 0.0344 e. The Morgan fingerprint density at radius 2 is 1.60 bits per heavy atom. The van der Waals surface area contributed by atoms with Gasteiger partial charge in [0.15, 0.2) is 0 Å². The Hall–Kier alpha value is -0.0800. The quantitative estimate of drug-likeness (QED) is 0.840. The highest BCUT2D eigenvalue weighted by atomic mass is 15.2. The summed E-state index contributed by atoms with van der Waals surface area (Å²) < 4.78 is 0. The SMILES string of the molecule is CCC1CCCCN1C1(CN)CC(C)(C)CC(C)(C)C1. The minimum absolute atomic E-state index is 0.242. The minimum atomic E-state index is 0.242. The zero-order valence-corrected chi connectivity index (χ0v) is 14.5. The van der Waals surface area contributed by atoms with Crippen molar-refractivity contribution in [2.45, 2.75) is 91.1 Å². The van der Waals surface area contributed by atoms with E-state index in [4.69, 9.17) is 5.73 Å². The van der Waals surface area contributed by atoms with Gasteiger partial charge in [-0.2, -0.15) is 0 Å². The first kappa shape index (κ1) is 16.3. The first-order valence-corrected chi connectivity index (χ1v) is 8.70.